The SMILES string of the molecule is CC(=O)N[C@H]1C(O)[C@H](O[C@@H]2OC(CO)[C@@H](O[C@@H]3OC(CO)[C@@H](O)C(O[C@H]4O[C@@H](CO)[C@@H](O)C(O)C4O[C@H]4O[C@@H](CO)[C@@H](O)C(O)C4O[C@H]4O[C@@H](CO)[C@@H](O)C(O)C4O)[C@H]3O)C(O)[C@@H]2NC(C)=O)C(CO)O[C@H]1OCCN. The molecule has 34 heteroatoms. The van der Waals surface area contributed by atoms with E-state index in [1.54, 1.807) is 0 Å². The predicted octanol–water partition coefficient (Wildman–Crippen LogP) is -13.8. The molecule has 6 fully saturated rings. The lowest BCUT2D eigenvalue weighted by molar-refractivity contribution is -0.406. The van der Waals surface area contributed by atoms with Crippen LogP contribution >= 0.6 is 0 Å². The summed E-state index contributed by atoms with van der Waals surface area (Å²) in [7, 11) is 0. The molecule has 12 unspecified atom stereocenters. The Balaban J connectivity index is 1.25. The highest BCUT2D eigenvalue weighted by Crippen LogP contribution is 2.37. The van der Waals surface area contributed by atoms with Crippen LogP contribution in [0.25, 0.3) is 0 Å². The van der Waals surface area contributed by atoms with E-state index in [9.17, 15) is 96.4 Å². The minimum Gasteiger partial charge on any atom is -0.394 e. The first-order valence-corrected chi connectivity index (χ1v) is 24.3. The number of nitrogens with one attached hydrogen (secondary N) is 2. The highest BCUT2D eigenvalue weighted by Gasteiger charge is 2.58. The Kier molecular flexibility index (Phi) is 23.1. The normalized spacial score (nSPS) is 48.3. The molecule has 6 aliphatic rings. The predicted molar refractivity (Wildman–Crippen MR) is 235 cm³/mol. The fourth-order valence-electron chi connectivity index (χ4n) is 9.59. The molecule has 34 nitrogen and oxygen atoms in total. The van der Waals surface area contributed by atoms with Crippen LogP contribution in [-0.2, 0) is 66.4 Å². The molecule has 442 valence electrons. The second-order valence-corrected chi connectivity index (χ2v) is 18.9. The highest BCUT2D eigenvalue weighted by molar-refractivity contribution is 5.73. The zero-order valence-electron chi connectivity index (χ0n) is 40.9. The van der Waals surface area contributed by atoms with Crippen LogP contribution < -0.4 is 16.4 Å². The van der Waals surface area contributed by atoms with E-state index in [1.807, 2.05) is 0 Å². The maximum absolute atomic E-state index is 12.6. The molecule has 0 aliphatic carbocycles. The third-order valence-electron chi connectivity index (χ3n) is 13.6. The summed E-state index contributed by atoms with van der Waals surface area (Å²) in [6, 6.07) is -3.04. The Hall–Kier alpha value is -2.26. The van der Waals surface area contributed by atoms with Crippen LogP contribution in [-0.4, -0.2) is 336 Å². The first-order chi connectivity index (χ1) is 36.1. The van der Waals surface area contributed by atoms with E-state index in [1.165, 1.54) is 0 Å². The second-order valence-electron chi connectivity index (χ2n) is 18.9. The Bertz CT molecular complexity index is 1800. The van der Waals surface area contributed by atoms with Gasteiger partial charge in [0.1, 0.15) is 146 Å². The van der Waals surface area contributed by atoms with Gasteiger partial charge in [0.25, 0.3) is 0 Å². The molecule has 0 aromatic rings. The molecule has 0 aromatic carbocycles. The fourth-order valence-corrected chi connectivity index (χ4v) is 9.59. The number of hydrogen-bond donors (Lipinski definition) is 20. The Morgan fingerprint density at radius 2 is 0.697 bits per heavy atom. The van der Waals surface area contributed by atoms with Gasteiger partial charge in [-0.25, -0.2) is 0 Å². The van der Waals surface area contributed by atoms with Gasteiger partial charge in [0.2, 0.25) is 11.8 Å². The van der Waals surface area contributed by atoms with E-state index in [-0.39, 0.29) is 13.2 Å². The number of rotatable bonds is 21. The molecule has 21 N–H and O–H groups in total. The molecule has 0 bridgehead atoms. The lowest BCUT2D eigenvalue weighted by Crippen LogP contribution is -2.70. The van der Waals surface area contributed by atoms with Crippen LogP contribution in [0, 0.1) is 0 Å². The zero-order valence-corrected chi connectivity index (χ0v) is 40.9. The number of ether oxygens (including phenoxy) is 12. The third-order valence-corrected chi connectivity index (χ3v) is 13.6. The minimum absolute atomic E-state index is 0.00763. The van der Waals surface area contributed by atoms with Gasteiger partial charge < -0.3 is 160 Å². The molecule has 0 aromatic heterocycles. The van der Waals surface area contributed by atoms with Crippen molar-refractivity contribution in [2.24, 2.45) is 5.73 Å². The maximum atomic E-state index is 12.6. The van der Waals surface area contributed by atoms with Crippen molar-refractivity contribution < 1.29 is 153 Å². The van der Waals surface area contributed by atoms with Gasteiger partial charge in [-0.2, -0.15) is 0 Å². The van der Waals surface area contributed by atoms with Gasteiger partial charge in [-0.1, -0.05) is 0 Å². The number of carbonyl (C=O) groups excluding carboxylic acids is 2. The molecular weight excluding hydrogens is 1040 g/mol. The van der Waals surface area contributed by atoms with Crippen molar-refractivity contribution in [2.75, 3.05) is 52.8 Å². The monoisotopic (exact) mass is 1120 g/mol. The van der Waals surface area contributed by atoms with Crippen molar-refractivity contribution >= 4 is 11.8 Å². The zero-order chi connectivity index (χ0) is 56.0. The van der Waals surface area contributed by atoms with Gasteiger partial charge in [0.05, 0.1) is 46.2 Å². The van der Waals surface area contributed by atoms with Gasteiger partial charge in [-0.05, 0) is 0 Å². The van der Waals surface area contributed by atoms with Gasteiger partial charge in [-0.3, -0.25) is 9.59 Å². The van der Waals surface area contributed by atoms with Crippen molar-refractivity contribution in [3.63, 3.8) is 0 Å². The molecular formula is C42H73N3O31. The first kappa shape index (κ1) is 62.9. The number of hydrogen-bond acceptors (Lipinski definition) is 32. The van der Waals surface area contributed by atoms with E-state index in [2.05, 4.69) is 10.6 Å². The van der Waals surface area contributed by atoms with Crippen LogP contribution in [0.2, 0.25) is 0 Å². The van der Waals surface area contributed by atoms with E-state index >= 15 is 0 Å². The number of amides is 2. The molecule has 0 spiro atoms. The van der Waals surface area contributed by atoms with Crippen molar-refractivity contribution in [3.8, 4) is 0 Å². The molecule has 6 rings (SSSR count). The lowest BCUT2D eigenvalue weighted by Gasteiger charge is -2.51. The minimum atomic E-state index is -2.28. The second kappa shape index (κ2) is 27.9. The average molecular weight is 1120 g/mol. The molecule has 6 saturated heterocycles. The summed E-state index contributed by atoms with van der Waals surface area (Å²) < 4.78 is 69.4. The lowest BCUT2D eigenvalue weighted by atomic mass is 9.94. The Morgan fingerprint density at radius 1 is 0.368 bits per heavy atom. The molecule has 6 aliphatic heterocycles. The maximum Gasteiger partial charge on any atom is 0.217 e. The highest BCUT2D eigenvalue weighted by atomic mass is 16.8. The molecule has 30 atom stereocenters. The standard InChI is InChI=1S/C42H73N3O31/c1-11(52)44-19-25(58)32(17(9-50)70-37(19)65-4-3-43)72-38-20(45-12(2)53)26(59)33(18(10-51)71-38)73-40-31(64)34(24(57)16(8-49)67-40)74-41-36(29(62)23(56)14(6-47)68-41)76-42-35(28(61)22(55)15(7-48)69-42)75-39-30(63)27(60)21(54)13(5-46)66-39/h13-42,46-51,54-64H,3-10,43H2,1-2H3,(H,44,52)(H,45,53)/t13-,14-,15-,16?,17?,18?,19-,20-,21+,22+,23+,24+,25?,26?,27?,28?,29?,30?,31+,32+,33+,34?,35?,36?,37+,38-,39+,40-,41+,42+/m0/s1. The van der Waals surface area contributed by atoms with Crippen LogP contribution in [0.3, 0.4) is 0 Å². The van der Waals surface area contributed by atoms with Gasteiger partial charge >= 0.3 is 0 Å². The number of carbonyl (C=O) groups is 2. The van der Waals surface area contributed by atoms with Gasteiger partial charge in [-0.15, -0.1) is 0 Å². The van der Waals surface area contributed by atoms with Crippen LogP contribution in [0.5, 0.6) is 0 Å². The van der Waals surface area contributed by atoms with Gasteiger partial charge in [0.15, 0.2) is 37.7 Å². The van der Waals surface area contributed by atoms with Crippen molar-refractivity contribution in [1.82, 2.24) is 10.6 Å². The van der Waals surface area contributed by atoms with Crippen LogP contribution in [0.15, 0.2) is 0 Å². The number of nitrogens with two attached hydrogens (primary N) is 1. The smallest absolute Gasteiger partial charge is 0.217 e. The van der Waals surface area contributed by atoms with Crippen molar-refractivity contribution in [1.29, 1.82) is 0 Å². The van der Waals surface area contributed by atoms with E-state index < -0.39 is 236 Å². The quantitative estimate of drug-likeness (QED) is 0.0507. The van der Waals surface area contributed by atoms with Crippen molar-refractivity contribution in [3.05, 3.63) is 0 Å². The van der Waals surface area contributed by atoms with Crippen LogP contribution in [0.4, 0.5) is 0 Å². The molecule has 0 saturated carbocycles. The summed E-state index contributed by atoms with van der Waals surface area (Å²) in [6.45, 7) is -3.76. The van der Waals surface area contributed by atoms with E-state index in [0.717, 1.165) is 13.8 Å². The summed E-state index contributed by atoms with van der Waals surface area (Å²) in [4.78, 5) is 24.8. The molecule has 2 amide bonds. The fraction of sp³-hybridized carbons (Fsp3) is 0.952. The topological polar surface area (TPSA) is 539 Å². The summed E-state index contributed by atoms with van der Waals surface area (Å²) in [5.74, 6) is -1.44. The summed E-state index contributed by atoms with van der Waals surface area (Å²) in [5.41, 5.74) is 5.55. The summed E-state index contributed by atoms with van der Waals surface area (Å²) in [6.07, 6.45) is -53.7. The van der Waals surface area contributed by atoms with E-state index in [0.29, 0.717) is 0 Å². The molecule has 0 radical (unpaired) electrons. The first-order valence-electron chi connectivity index (χ1n) is 24.3. The number of aliphatic hydroxyl groups excluding tert-OH is 17. The van der Waals surface area contributed by atoms with E-state index in [4.69, 9.17) is 62.6 Å². The van der Waals surface area contributed by atoms with Gasteiger partial charge in [0, 0.05) is 20.4 Å². The Morgan fingerprint density at radius 3 is 1.13 bits per heavy atom. The third kappa shape index (κ3) is 13.7. The largest absolute Gasteiger partial charge is 0.394 e. The number of aliphatic hydroxyl groups is 17. The van der Waals surface area contributed by atoms with Crippen molar-refractivity contribution in [2.45, 2.75) is 198 Å². The molecule has 6 heterocycles. The van der Waals surface area contributed by atoms with Crippen LogP contribution in [0.1, 0.15) is 13.8 Å². The average Bonchev–Trinajstić information content (AvgIpc) is 3.39. The summed E-state index contributed by atoms with van der Waals surface area (Å²) >= 11 is 0. The summed E-state index contributed by atoms with van der Waals surface area (Å²) in [5, 5.41) is 189. The molecule has 76 heavy (non-hydrogen) atoms. The Labute approximate surface area is 431 Å².